The molecule has 0 bridgehead atoms. The Morgan fingerprint density at radius 3 is 2.62 bits per heavy atom. The van der Waals surface area contributed by atoms with E-state index >= 15 is 0 Å². The lowest BCUT2D eigenvalue weighted by atomic mass is 9.94. The number of aryl methyl sites for hydroxylation is 1. The van der Waals surface area contributed by atoms with Crippen LogP contribution in [0.25, 0.3) is 0 Å². The summed E-state index contributed by atoms with van der Waals surface area (Å²) in [4.78, 5) is 31.1. The third-order valence-corrected chi connectivity index (χ3v) is 4.55. The van der Waals surface area contributed by atoms with Gasteiger partial charge in [0.25, 0.3) is 5.91 Å². The SMILES string of the molecule is CCCN1C(=O)C(O)=C(C(=O)CCc2ccccc2)C1c1cccnc1. The van der Waals surface area contributed by atoms with Gasteiger partial charge in [-0.3, -0.25) is 14.6 Å². The van der Waals surface area contributed by atoms with Crippen LogP contribution < -0.4 is 0 Å². The molecule has 1 aliphatic heterocycles. The highest BCUT2D eigenvalue weighted by atomic mass is 16.3. The zero-order valence-corrected chi connectivity index (χ0v) is 14.8. The molecule has 5 heteroatoms. The van der Waals surface area contributed by atoms with Crippen LogP contribution in [0, 0.1) is 0 Å². The van der Waals surface area contributed by atoms with E-state index < -0.39 is 17.7 Å². The zero-order chi connectivity index (χ0) is 18.5. The third kappa shape index (κ3) is 3.52. The van der Waals surface area contributed by atoms with Crippen molar-refractivity contribution >= 4 is 11.7 Å². The number of hydrogen-bond acceptors (Lipinski definition) is 4. The number of rotatable bonds is 7. The summed E-state index contributed by atoms with van der Waals surface area (Å²) >= 11 is 0. The number of carbonyl (C=O) groups is 2. The van der Waals surface area contributed by atoms with E-state index in [1.165, 1.54) is 0 Å². The number of Topliss-reactive ketones (excluding diaryl/α,β-unsaturated/α-hetero) is 1. The van der Waals surface area contributed by atoms with Crippen LogP contribution in [-0.4, -0.2) is 33.2 Å². The number of ketones is 1. The maximum Gasteiger partial charge on any atom is 0.290 e. The number of aliphatic hydroxyl groups is 1. The molecule has 1 aliphatic rings. The standard InChI is InChI=1S/C21H22N2O3/c1-2-13-23-19(16-9-6-12-22-14-16)18(20(25)21(23)26)17(24)11-10-15-7-4-3-5-8-15/h3-9,12,14,19,25H,2,10-11,13H2,1H3. The first-order chi connectivity index (χ1) is 12.6. The Kier molecular flexibility index (Phi) is 5.46. The summed E-state index contributed by atoms with van der Waals surface area (Å²) in [5.74, 6) is -1.11. The first kappa shape index (κ1) is 17.9. The summed E-state index contributed by atoms with van der Waals surface area (Å²) in [6.07, 6.45) is 4.83. The molecule has 1 atom stereocenters. The summed E-state index contributed by atoms with van der Waals surface area (Å²) in [6.45, 7) is 2.43. The smallest absolute Gasteiger partial charge is 0.290 e. The fourth-order valence-corrected chi connectivity index (χ4v) is 3.33. The summed E-state index contributed by atoms with van der Waals surface area (Å²) in [7, 11) is 0. The molecule has 1 aromatic carbocycles. The van der Waals surface area contributed by atoms with Gasteiger partial charge in [0.15, 0.2) is 11.5 Å². The van der Waals surface area contributed by atoms with Gasteiger partial charge in [-0.25, -0.2) is 0 Å². The Labute approximate surface area is 153 Å². The molecule has 1 amide bonds. The van der Waals surface area contributed by atoms with Crippen LogP contribution in [0.5, 0.6) is 0 Å². The van der Waals surface area contributed by atoms with Crippen molar-refractivity contribution in [2.75, 3.05) is 6.54 Å². The largest absolute Gasteiger partial charge is 0.503 e. The van der Waals surface area contributed by atoms with Crippen LogP contribution in [0.3, 0.4) is 0 Å². The highest BCUT2D eigenvalue weighted by Crippen LogP contribution is 2.38. The molecular formula is C21H22N2O3. The van der Waals surface area contributed by atoms with Gasteiger partial charge in [0.05, 0.1) is 11.6 Å². The number of pyridine rings is 1. The number of aromatic nitrogens is 1. The van der Waals surface area contributed by atoms with Gasteiger partial charge in [-0.15, -0.1) is 0 Å². The lowest BCUT2D eigenvalue weighted by Crippen LogP contribution is -2.31. The van der Waals surface area contributed by atoms with E-state index in [4.69, 9.17) is 0 Å². The molecule has 1 N–H and O–H groups in total. The van der Waals surface area contributed by atoms with E-state index in [2.05, 4.69) is 4.98 Å². The monoisotopic (exact) mass is 350 g/mol. The van der Waals surface area contributed by atoms with Gasteiger partial charge < -0.3 is 10.0 Å². The molecule has 2 heterocycles. The van der Waals surface area contributed by atoms with Crippen LogP contribution in [0.4, 0.5) is 0 Å². The van der Waals surface area contributed by atoms with Crippen LogP contribution in [0.15, 0.2) is 66.2 Å². The molecule has 26 heavy (non-hydrogen) atoms. The van der Waals surface area contributed by atoms with Gasteiger partial charge in [-0.1, -0.05) is 43.3 Å². The van der Waals surface area contributed by atoms with Gasteiger partial charge in [0, 0.05) is 25.4 Å². The lowest BCUT2D eigenvalue weighted by molar-refractivity contribution is -0.129. The van der Waals surface area contributed by atoms with E-state index in [0.717, 1.165) is 17.5 Å². The number of nitrogens with zero attached hydrogens (tertiary/aromatic N) is 2. The van der Waals surface area contributed by atoms with Crippen molar-refractivity contribution < 1.29 is 14.7 Å². The maximum absolute atomic E-state index is 12.9. The Bertz CT molecular complexity index is 816. The molecule has 0 aliphatic carbocycles. The van der Waals surface area contributed by atoms with Crippen molar-refractivity contribution in [1.29, 1.82) is 0 Å². The Morgan fingerprint density at radius 2 is 1.96 bits per heavy atom. The molecule has 2 aromatic rings. The predicted octanol–water partition coefficient (Wildman–Crippen LogP) is 3.39. The minimum Gasteiger partial charge on any atom is -0.503 e. The zero-order valence-electron chi connectivity index (χ0n) is 14.8. The Hall–Kier alpha value is -2.95. The fourth-order valence-electron chi connectivity index (χ4n) is 3.33. The average molecular weight is 350 g/mol. The normalized spacial score (nSPS) is 17.0. The van der Waals surface area contributed by atoms with E-state index in [9.17, 15) is 14.7 Å². The molecule has 0 saturated heterocycles. The minimum atomic E-state index is -0.570. The van der Waals surface area contributed by atoms with Crippen molar-refractivity contribution in [3.63, 3.8) is 0 Å². The highest BCUT2D eigenvalue weighted by Gasteiger charge is 2.42. The number of benzene rings is 1. The van der Waals surface area contributed by atoms with E-state index in [1.54, 1.807) is 23.4 Å². The number of hydrogen-bond donors (Lipinski definition) is 1. The second kappa shape index (κ2) is 7.95. The first-order valence-corrected chi connectivity index (χ1v) is 8.84. The molecule has 134 valence electrons. The topological polar surface area (TPSA) is 70.5 Å². The number of carbonyl (C=O) groups excluding carboxylic acids is 2. The number of amides is 1. The summed E-state index contributed by atoms with van der Waals surface area (Å²) in [5.41, 5.74) is 1.97. The molecule has 0 saturated carbocycles. The third-order valence-electron chi connectivity index (χ3n) is 4.55. The Balaban J connectivity index is 1.88. The molecule has 3 rings (SSSR count). The van der Waals surface area contributed by atoms with Crippen LogP contribution in [0.2, 0.25) is 0 Å². The molecule has 0 radical (unpaired) electrons. The van der Waals surface area contributed by atoms with Crippen molar-refractivity contribution in [1.82, 2.24) is 9.88 Å². The quantitative estimate of drug-likeness (QED) is 0.831. The molecule has 1 unspecified atom stereocenters. The number of aliphatic hydroxyl groups excluding tert-OH is 1. The molecule has 0 fully saturated rings. The van der Waals surface area contributed by atoms with Crippen molar-refractivity contribution in [3.05, 3.63) is 77.3 Å². The fraction of sp³-hybridized carbons (Fsp3) is 0.286. The van der Waals surface area contributed by atoms with Crippen molar-refractivity contribution in [2.24, 2.45) is 0 Å². The average Bonchev–Trinajstić information content (AvgIpc) is 2.93. The second-order valence-electron chi connectivity index (χ2n) is 6.36. The highest BCUT2D eigenvalue weighted by molar-refractivity contribution is 6.09. The van der Waals surface area contributed by atoms with E-state index in [0.29, 0.717) is 13.0 Å². The van der Waals surface area contributed by atoms with Gasteiger partial charge in [0.1, 0.15) is 0 Å². The summed E-state index contributed by atoms with van der Waals surface area (Å²) in [5, 5.41) is 10.4. The predicted molar refractivity (Wildman–Crippen MR) is 98.4 cm³/mol. The molecule has 1 aromatic heterocycles. The van der Waals surface area contributed by atoms with Gasteiger partial charge in [-0.2, -0.15) is 0 Å². The first-order valence-electron chi connectivity index (χ1n) is 8.84. The van der Waals surface area contributed by atoms with Crippen LogP contribution in [-0.2, 0) is 16.0 Å². The summed E-state index contributed by atoms with van der Waals surface area (Å²) in [6, 6.07) is 12.7. The molecule has 0 spiro atoms. The van der Waals surface area contributed by atoms with Crippen LogP contribution in [0.1, 0.15) is 36.9 Å². The van der Waals surface area contributed by atoms with Crippen molar-refractivity contribution in [2.45, 2.75) is 32.2 Å². The molecular weight excluding hydrogens is 328 g/mol. The van der Waals surface area contributed by atoms with Gasteiger partial charge in [0.2, 0.25) is 0 Å². The van der Waals surface area contributed by atoms with Crippen molar-refractivity contribution in [3.8, 4) is 0 Å². The van der Waals surface area contributed by atoms with Gasteiger partial charge >= 0.3 is 0 Å². The lowest BCUT2D eigenvalue weighted by Gasteiger charge is -2.26. The molecule has 5 nitrogen and oxygen atoms in total. The van der Waals surface area contributed by atoms with Gasteiger partial charge in [-0.05, 0) is 30.0 Å². The second-order valence-corrected chi connectivity index (χ2v) is 6.36. The van der Waals surface area contributed by atoms with Crippen LogP contribution >= 0.6 is 0 Å². The summed E-state index contributed by atoms with van der Waals surface area (Å²) < 4.78 is 0. The minimum absolute atomic E-state index is 0.187. The Morgan fingerprint density at radius 1 is 1.19 bits per heavy atom. The maximum atomic E-state index is 12.9. The van der Waals surface area contributed by atoms with E-state index in [-0.39, 0.29) is 17.8 Å². The van der Waals surface area contributed by atoms with E-state index in [1.807, 2.05) is 43.3 Å².